The third kappa shape index (κ3) is 2.98. The number of cyclic esters (lactones) is 1. The Hall–Kier alpha value is -2.53. The second-order valence-electron chi connectivity index (χ2n) is 4.36. The summed E-state index contributed by atoms with van der Waals surface area (Å²) in [6, 6.07) is 11.4. The van der Waals surface area contributed by atoms with Crippen LogP contribution in [0.4, 0.5) is 0 Å². The molecule has 1 aromatic carbocycles. The predicted octanol–water partition coefficient (Wildman–Crippen LogP) is 3.14. The Morgan fingerprint density at radius 1 is 1.24 bits per heavy atom. The van der Waals surface area contributed by atoms with Crippen LogP contribution in [0.15, 0.2) is 57.5 Å². The van der Waals surface area contributed by atoms with E-state index in [9.17, 15) is 4.79 Å². The van der Waals surface area contributed by atoms with Gasteiger partial charge in [-0.05, 0) is 35.2 Å². The number of rotatable bonds is 3. The molecule has 1 aliphatic heterocycles. The fraction of sp³-hybridized carbons (Fsp3) is 0.0625. The number of carbonyl (C=O) groups excluding carboxylic acids is 1. The Balaban J connectivity index is 1.88. The monoisotopic (exact) mass is 296 g/mol. The van der Waals surface area contributed by atoms with E-state index in [-0.39, 0.29) is 0 Å². The van der Waals surface area contributed by atoms with Gasteiger partial charge in [0, 0.05) is 23.7 Å². The molecule has 3 rings (SSSR count). The molecule has 0 saturated carbocycles. The molecule has 0 radical (unpaired) electrons. The summed E-state index contributed by atoms with van der Waals surface area (Å²) in [7, 11) is 1.72. The lowest BCUT2D eigenvalue weighted by Gasteiger charge is -1.99. The summed E-state index contributed by atoms with van der Waals surface area (Å²) >= 11 is 1.55. The van der Waals surface area contributed by atoms with Crippen molar-refractivity contribution in [3.63, 3.8) is 0 Å². The molecule has 1 aromatic heterocycles. The Bertz CT molecular complexity index is 741. The molecule has 4 nitrogen and oxygen atoms in total. The molecule has 21 heavy (non-hydrogen) atoms. The number of nitrogens with zero attached hydrogens (tertiary/aromatic N) is 2. The SMILES string of the molecule is C/N=C/c1ccc(C2=N/C(=C/c3cccs3)C(=O)O2)cc1. The normalized spacial score (nSPS) is 16.5. The van der Waals surface area contributed by atoms with Crippen molar-refractivity contribution in [2.75, 3.05) is 7.05 Å². The average molecular weight is 296 g/mol. The second-order valence-corrected chi connectivity index (χ2v) is 5.34. The maximum Gasteiger partial charge on any atom is 0.363 e. The largest absolute Gasteiger partial charge is 0.402 e. The summed E-state index contributed by atoms with van der Waals surface area (Å²) in [4.78, 5) is 21.0. The highest BCUT2D eigenvalue weighted by molar-refractivity contribution is 7.10. The van der Waals surface area contributed by atoms with Crippen molar-refractivity contribution in [1.29, 1.82) is 0 Å². The highest BCUT2D eigenvalue weighted by atomic mass is 32.1. The highest BCUT2D eigenvalue weighted by Crippen LogP contribution is 2.21. The molecule has 0 bridgehead atoms. The van der Waals surface area contributed by atoms with E-state index in [4.69, 9.17) is 4.74 Å². The topological polar surface area (TPSA) is 51.0 Å². The van der Waals surface area contributed by atoms with Crippen molar-refractivity contribution >= 4 is 35.5 Å². The molecule has 104 valence electrons. The Morgan fingerprint density at radius 3 is 2.71 bits per heavy atom. The molecular formula is C16H12N2O2S. The van der Waals surface area contributed by atoms with Gasteiger partial charge in [-0.25, -0.2) is 9.79 Å². The van der Waals surface area contributed by atoms with Gasteiger partial charge in [-0.15, -0.1) is 11.3 Å². The zero-order valence-electron chi connectivity index (χ0n) is 11.3. The van der Waals surface area contributed by atoms with Crippen molar-refractivity contribution in [1.82, 2.24) is 0 Å². The van der Waals surface area contributed by atoms with E-state index in [1.54, 1.807) is 30.7 Å². The molecule has 0 aliphatic carbocycles. The first-order valence-corrected chi connectivity index (χ1v) is 7.23. The van der Waals surface area contributed by atoms with Gasteiger partial charge in [0.15, 0.2) is 5.70 Å². The molecule has 0 spiro atoms. The summed E-state index contributed by atoms with van der Waals surface area (Å²) in [6.45, 7) is 0. The minimum Gasteiger partial charge on any atom is -0.402 e. The van der Waals surface area contributed by atoms with Crippen molar-refractivity contribution in [3.8, 4) is 0 Å². The molecule has 5 heteroatoms. The fourth-order valence-electron chi connectivity index (χ4n) is 1.90. The third-order valence-electron chi connectivity index (χ3n) is 2.88. The zero-order chi connectivity index (χ0) is 14.7. The van der Waals surface area contributed by atoms with E-state index in [1.807, 2.05) is 41.8 Å². The van der Waals surface area contributed by atoms with Crippen LogP contribution in [0.1, 0.15) is 16.0 Å². The molecule has 0 atom stereocenters. The van der Waals surface area contributed by atoms with Crippen LogP contribution in [-0.2, 0) is 9.53 Å². The number of hydrogen-bond acceptors (Lipinski definition) is 5. The van der Waals surface area contributed by atoms with Gasteiger partial charge in [0.05, 0.1) is 0 Å². The number of aliphatic imine (C=N–C) groups is 2. The number of benzene rings is 1. The van der Waals surface area contributed by atoms with Gasteiger partial charge >= 0.3 is 5.97 Å². The van der Waals surface area contributed by atoms with E-state index in [2.05, 4.69) is 9.98 Å². The van der Waals surface area contributed by atoms with E-state index in [0.29, 0.717) is 11.6 Å². The van der Waals surface area contributed by atoms with Gasteiger partial charge in [-0.2, -0.15) is 0 Å². The standard InChI is InChI=1S/C16H12N2O2S/c1-17-10-11-4-6-12(7-5-11)15-18-14(16(19)20-15)9-13-3-2-8-21-13/h2-10H,1H3/b14-9+,17-10+. The van der Waals surface area contributed by atoms with Gasteiger partial charge in [0.1, 0.15) is 0 Å². The van der Waals surface area contributed by atoms with Crippen molar-refractivity contribution in [3.05, 3.63) is 63.5 Å². The highest BCUT2D eigenvalue weighted by Gasteiger charge is 2.24. The Morgan fingerprint density at radius 2 is 2.05 bits per heavy atom. The quantitative estimate of drug-likeness (QED) is 0.496. The lowest BCUT2D eigenvalue weighted by Crippen LogP contribution is -2.05. The molecule has 0 unspecified atom stereocenters. The average Bonchev–Trinajstić information content (AvgIpc) is 3.11. The molecule has 0 amide bonds. The third-order valence-corrected chi connectivity index (χ3v) is 3.70. The zero-order valence-corrected chi connectivity index (χ0v) is 12.1. The summed E-state index contributed by atoms with van der Waals surface area (Å²) < 4.78 is 5.22. The lowest BCUT2D eigenvalue weighted by atomic mass is 10.1. The van der Waals surface area contributed by atoms with Gasteiger partial charge in [-0.3, -0.25) is 4.99 Å². The first kappa shape index (κ1) is 13.5. The molecule has 0 N–H and O–H groups in total. The van der Waals surface area contributed by atoms with Crippen molar-refractivity contribution < 1.29 is 9.53 Å². The Kier molecular flexibility index (Phi) is 3.75. The van der Waals surface area contributed by atoms with Crippen molar-refractivity contribution in [2.24, 2.45) is 9.98 Å². The lowest BCUT2D eigenvalue weighted by molar-refractivity contribution is -0.129. The second kappa shape index (κ2) is 5.85. The van der Waals surface area contributed by atoms with E-state index in [0.717, 1.165) is 16.0 Å². The first-order valence-electron chi connectivity index (χ1n) is 6.35. The Labute approximate surface area is 126 Å². The minimum atomic E-state index is -0.419. The van der Waals surface area contributed by atoms with Crippen LogP contribution in [0.3, 0.4) is 0 Å². The maximum absolute atomic E-state index is 11.8. The van der Waals surface area contributed by atoms with Gasteiger partial charge in [-0.1, -0.05) is 18.2 Å². The number of ether oxygens (including phenoxy) is 1. The minimum absolute atomic E-state index is 0.326. The summed E-state index contributed by atoms with van der Waals surface area (Å²) in [5.74, 6) is -0.0830. The molecular weight excluding hydrogens is 284 g/mol. The fourth-order valence-corrected chi connectivity index (χ4v) is 2.55. The summed E-state index contributed by atoms with van der Waals surface area (Å²) in [6.07, 6.45) is 3.49. The van der Waals surface area contributed by atoms with Gasteiger partial charge in [0.2, 0.25) is 5.90 Å². The molecule has 2 heterocycles. The van der Waals surface area contributed by atoms with Crippen LogP contribution in [-0.4, -0.2) is 25.1 Å². The maximum atomic E-state index is 11.8. The van der Waals surface area contributed by atoms with Crippen LogP contribution in [0.5, 0.6) is 0 Å². The molecule has 2 aromatic rings. The molecule has 0 fully saturated rings. The van der Waals surface area contributed by atoms with Crippen LogP contribution in [0.25, 0.3) is 6.08 Å². The van der Waals surface area contributed by atoms with Crippen molar-refractivity contribution in [2.45, 2.75) is 0 Å². The van der Waals surface area contributed by atoms with Gasteiger partial charge < -0.3 is 4.74 Å². The first-order chi connectivity index (χ1) is 10.3. The smallest absolute Gasteiger partial charge is 0.363 e. The summed E-state index contributed by atoms with van der Waals surface area (Å²) in [5.41, 5.74) is 2.08. The van der Waals surface area contributed by atoms with Gasteiger partial charge in [0.25, 0.3) is 0 Å². The molecule has 0 saturated heterocycles. The number of hydrogen-bond donors (Lipinski definition) is 0. The van der Waals surface area contributed by atoms with Crippen LogP contribution in [0, 0.1) is 0 Å². The van der Waals surface area contributed by atoms with Crippen LogP contribution in [0.2, 0.25) is 0 Å². The summed E-state index contributed by atoms with van der Waals surface area (Å²) in [5, 5.41) is 1.95. The number of carbonyl (C=O) groups is 1. The molecule has 1 aliphatic rings. The van der Waals surface area contributed by atoms with E-state index < -0.39 is 5.97 Å². The number of esters is 1. The number of thiophene rings is 1. The van der Waals surface area contributed by atoms with Crippen LogP contribution < -0.4 is 0 Å². The van der Waals surface area contributed by atoms with E-state index >= 15 is 0 Å². The van der Waals surface area contributed by atoms with Crippen LogP contribution >= 0.6 is 11.3 Å². The predicted molar refractivity (Wildman–Crippen MR) is 84.9 cm³/mol. The van der Waals surface area contributed by atoms with E-state index in [1.165, 1.54) is 0 Å².